The van der Waals surface area contributed by atoms with Gasteiger partial charge in [0.15, 0.2) is 0 Å². The second-order valence-corrected chi connectivity index (χ2v) is 10.8. The minimum absolute atomic E-state index is 0.0781. The number of hydrogen-bond acceptors (Lipinski definition) is 6. The van der Waals surface area contributed by atoms with E-state index in [9.17, 15) is 24.3 Å². The molecule has 4 amide bonds. The summed E-state index contributed by atoms with van der Waals surface area (Å²) in [5, 5.41) is 15.7. The van der Waals surface area contributed by atoms with Gasteiger partial charge in [-0.05, 0) is 83.7 Å². The van der Waals surface area contributed by atoms with Crippen molar-refractivity contribution >= 4 is 29.5 Å². The van der Waals surface area contributed by atoms with Crippen LogP contribution in [0.15, 0.2) is 42.5 Å². The van der Waals surface area contributed by atoms with Crippen LogP contribution in [0, 0.1) is 13.8 Å². The second kappa shape index (κ2) is 13.1. The van der Waals surface area contributed by atoms with Crippen LogP contribution in [0.3, 0.4) is 0 Å². The molecule has 0 saturated carbocycles. The van der Waals surface area contributed by atoms with Crippen LogP contribution in [-0.4, -0.2) is 51.5 Å². The molecule has 0 saturated heterocycles. The summed E-state index contributed by atoms with van der Waals surface area (Å²) >= 11 is 0. The fourth-order valence-electron chi connectivity index (χ4n) is 4.19. The largest absolute Gasteiger partial charge is 0.508 e. The predicted molar refractivity (Wildman–Crippen MR) is 149 cm³/mol. The summed E-state index contributed by atoms with van der Waals surface area (Å²) in [6.45, 7) is 12.2. The number of anilines is 1. The van der Waals surface area contributed by atoms with Crippen molar-refractivity contribution in [3.63, 3.8) is 0 Å². The first-order valence-electron chi connectivity index (χ1n) is 12.9. The van der Waals surface area contributed by atoms with Crippen LogP contribution in [0.25, 0.3) is 0 Å². The van der Waals surface area contributed by atoms with Gasteiger partial charge in [0.05, 0.1) is 0 Å². The number of primary amides is 1. The van der Waals surface area contributed by atoms with Crippen molar-refractivity contribution in [1.29, 1.82) is 0 Å². The molecular weight excluding hydrogens is 500 g/mol. The number of benzene rings is 2. The van der Waals surface area contributed by atoms with E-state index in [0.717, 1.165) is 11.1 Å². The van der Waals surface area contributed by atoms with Crippen LogP contribution in [0.2, 0.25) is 0 Å². The Balaban J connectivity index is 2.57. The smallest absolute Gasteiger partial charge is 0.408 e. The van der Waals surface area contributed by atoms with Gasteiger partial charge in [0.2, 0.25) is 11.8 Å². The summed E-state index contributed by atoms with van der Waals surface area (Å²) in [5.41, 5.74) is 7.17. The molecule has 2 unspecified atom stereocenters. The van der Waals surface area contributed by atoms with Gasteiger partial charge in [-0.25, -0.2) is 4.79 Å². The summed E-state index contributed by atoms with van der Waals surface area (Å²) in [6, 6.07) is 8.79. The first kappa shape index (κ1) is 31.1. The number of amides is 4. The molecule has 0 aliphatic heterocycles. The number of rotatable bonds is 10. The number of ether oxygens (including phenoxy) is 1. The first-order chi connectivity index (χ1) is 18.1. The summed E-state index contributed by atoms with van der Waals surface area (Å²) in [5.74, 6) is -1.84. The molecule has 0 bridgehead atoms. The lowest BCUT2D eigenvalue weighted by Crippen LogP contribution is -2.54. The van der Waals surface area contributed by atoms with E-state index in [4.69, 9.17) is 10.5 Å². The minimum atomic E-state index is -1.21. The number of carbonyl (C=O) groups is 4. The van der Waals surface area contributed by atoms with Crippen LogP contribution >= 0.6 is 0 Å². The zero-order valence-electron chi connectivity index (χ0n) is 23.7. The molecule has 5 N–H and O–H groups in total. The third-order valence-corrected chi connectivity index (χ3v) is 5.92. The lowest BCUT2D eigenvalue weighted by molar-refractivity contribution is -0.143. The maximum atomic E-state index is 14.1. The quantitative estimate of drug-likeness (QED) is 0.356. The molecule has 2 aromatic carbocycles. The van der Waals surface area contributed by atoms with E-state index in [-0.39, 0.29) is 18.6 Å². The molecule has 39 heavy (non-hydrogen) atoms. The highest BCUT2D eigenvalue weighted by atomic mass is 16.6. The highest BCUT2D eigenvalue weighted by molar-refractivity contribution is 6.00. The Hall–Kier alpha value is -4.08. The molecule has 10 heteroatoms. The molecule has 2 aromatic rings. The highest BCUT2D eigenvalue weighted by Gasteiger charge is 2.38. The van der Waals surface area contributed by atoms with Crippen molar-refractivity contribution in [2.45, 2.75) is 85.0 Å². The van der Waals surface area contributed by atoms with Crippen molar-refractivity contribution in [2.75, 3.05) is 5.32 Å². The number of aromatic hydroxyl groups is 1. The molecule has 212 valence electrons. The van der Waals surface area contributed by atoms with Crippen LogP contribution in [0.5, 0.6) is 5.75 Å². The van der Waals surface area contributed by atoms with E-state index in [0.29, 0.717) is 11.3 Å². The SMILES string of the molecule is Cc1cccc(C)c1NC(=O)C(c1cccc(O)c1)N(C(=O)C(CCC(N)=O)NC(=O)OC(C)(C)C)C(C)C. The Kier molecular flexibility index (Phi) is 10.5. The molecule has 0 radical (unpaired) electrons. The van der Waals surface area contributed by atoms with Crippen molar-refractivity contribution in [3.05, 3.63) is 59.2 Å². The van der Waals surface area contributed by atoms with Gasteiger partial charge in [0.25, 0.3) is 5.91 Å². The number of nitrogens with one attached hydrogen (secondary N) is 2. The Morgan fingerprint density at radius 2 is 1.62 bits per heavy atom. The van der Waals surface area contributed by atoms with E-state index in [2.05, 4.69) is 10.6 Å². The molecule has 0 aliphatic rings. The van der Waals surface area contributed by atoms with Gasteiger partial charge >= 0.3 is 6.09 Å². The van der Waals surface area contributed by atoms with Gasteiger partial charge in [-0.1, -0.05) is 30.3 Å². The van der Waals surface area contributed by atoms with E-state index < -0.39 is 47.5 Å². The van der Waals surface area contributed by atoms with Crippen molar-refractivity contribution in [1.82, 2.24) is 10.2 Å². The van der Waals surface area contributed by atoms with Crippen LogP contribution < -0.4 is 16.4 Å². The van der Waals surface area contributed by atoms with E-state index >= 15 is 0 Å². The molecule has 10 nitrogen and oxygen atoms in total. The molecule has 2 atom stereocenters. The van der Waals surface area contributed by atoms with Crippen LogP contribution in [0.1, 0.15) is 70.2 Å². The van der Waals surface area contributed by atoms with Crippen LogP contribution in [-0.2, 0) is 19.1 Å². The number of alkyl carbamates (subject to hydrolysis) is 1. The van der Waals surface area contributed by atoms with E-state index in [1.807, 2.05) is 32.0 Å². The lowest BCUT2D eigenvalue weighted by atomic mass is 9.99. The van der Waals surface area contributed by atoms with Gasteiger partial charge in [-0.3, -0.25) is 14.4 Å². The maximum Gasteiger partial charge on any atom is 0.408 e. The molecule has 0 spiro atoms. The normalized spacial score (nSPS) is 12.8. The maximum absolute atomic E-state index is 14.1. The summed E-state index contributed by atoms with van der Waals surface area (Å²) in [4.78, 5) is 53.5. The number of nitrogens with two attached hydrogens (primary N) is 1. The Morgan fingerprint density at radius 3 is 2.13 bits per heavy atom. The fourth-order valence-corrected chi connectivity index (χ4v) is 4.19. The van der Waals surface area contributed by atoms with Crippen LogP contribution in [0.4, 0.5) is 10.5 Å². The zero-order valence-corrected chi connectivity index (χ0v) is 23.7. The number of phenols is 1. The number of aryl methyl sites for hydroxylation is 2. The standard InChI is InChI=1S/C29H40N4O6/c1-17(2)33(27(37)22(14-15-23(30)35)31-28(38)39-29(5,6)7)25(20-12-9-13-21(34)16-20)26(36)32-24-18(3)10-8-11-19(24)4/h8-13,16-17,22,25,34H,14-15H2,1-7H3,(H2,30,35)(H,31,38)(H,32,36). The molecule has 0 aliphatic carbocycles. The van der Waals surface area contributed by atoms with Gasteiger partial charge in [0.1, 0.15) is 23.4 Å². The average Bonchev–Trinajstić information content (AvgIpc) is 2.80. The molecule has 2 rings (SSSR count). The highest BCUT2D eigenvalue weighted by Crippen LogP contribution is 2.30. The van der Waals surface area contributed by atoms with Gasteiger partial charge in [-0.2, -0.15) is 0 Å². The molecule has 0 heterocycles. The summed E-state index contributed by atoms with van der Waals surface area (Å²) in [7, 11) is 0. The monoisotopic (exact) mass is 540 g/mol. The number of hydrogen-bond donors (Lipinski definition) is 4. The molecular formula is C29H40N4O6. The van der Waals surface area contributed by atoms with Crippen molar-refractivity contribution < 1.29 is 29.0 Å². The third kappa shape index (κ3) is 9.01. The predicted octanol–water partition coefficient (Wildman–Crippen LogP) is 4.08. The first-order valence-corrected chi connectivity index (χ1v) is 12.9. The Labute approximate surface area is 229 Å². The number of phenolic OH excluding ortho intramolecular Hbond substituents is 1. The summed E-state index contributed by atoms with van der Waals surface area (Å²) < 4.78 is 5.33. The Morgan fingerprint density at radius 1 is 1.03 bits per heavy atom. The fraction of sp³-hybridized carbons (Fsp3) is 0.448. The van der Waals surface area contributed by atoms with Gasteiger partial charge in [-0.15, -0.1) is 0 Å². The number of carbonyl (C=O) groups excluding carboxylic acids is 4. The number of para-hydroxylation sites is 1. The van der Waals surface area contributed by atoms with E-state index in [1.165, 1.54) is 17.0 Å². The average molecular weight is 541 g/mol. The minimum Gasteiger partial charge on any atom is -0.508 e. The summed E-state index contributed by atoms with van der Waals surface area (Å²) in [6.07, 6.45) is -1.12. The van der Waals surface area contributed by atoms with Crippen molar-refractivity contribution in [3.8, 4) is 5.75 Å². The molecule has 0 aromatic heterocycles. The number of nitrogens with zero attached hydrogens (tertiary/aromatic N) is 1. The Bertz CT molecular complexity index is 1180. The topological polar surface area (TPSA) is 151 Å². The van der Waals surface area contributed by atoms with E-state index in [1.54, 1.807) is 46.8 Å². The third-order valence-electron chi connectivity index (χ3n) is 5.92. The van der Waals surface area contributed by atoms with Gasteiger partial charge < -0.3 is 31.1 Å². The lowest BCUT2D eigenvalue weighted by Gasteiger charge is -2.37. The second-order valence-electron chi connectivity index (χ2n) is 10.8. The molecule has 0 fully saturated rings. The van der Waals surface area contributed by atoms with Gasteiger partial charge in [0, 0.05) is 18.2 Å². The zero-order chi connectivity index (χ0) is 29.5. The van der Waals surface area contributed by atoms with Crippen molar-refractivity contribution in [2.24, 2.45) is 5.73 Å².